The minimum absolute atomic E-state index is 0.0683. The molecule has 2 heterocycles. The van der Waals surface area contributed by atoms with Crippen LogP contribution in [0.5, 0.6) is 0 Å². The second kappa shape index (κ2) is 9.43. The van der Waals surface area contributed by atoms with Gasteiger partial charge in [0.25, 0.3) is 5.91 Å². The van der Waals surface area contributed by atoms with Crippen molar-refractivity contribution in [1.29, 1.82) is 0 Å². The lowest BCUT2D eigenvalue weighted by molar-refractivity contribution is 0.102. The average molecular weight is 421 g/mol. The highest BCUT2D eigenvalue weighted by molar-refractivity contribution is 6.05. The van der Waals surface area contributed by atoms with Gasteiger partial charge in [0.2, 0.25) is 0 Å². The molecule has 0 bridgehead atoms. The van der Waals surface area contributed by atoms with Crippen molar-refractivity contribution >= 4 is 11.6 Å². The second-order valence-electron chi connectivity index (χ2n) is 8.48. The maximum atomic E-state index is 13.3. The number of hydrogen-bond acceptors (Lipinski definition) is 3. The maximum absolute atomic E-state index is 13.3. The summed E-state index contributed by atoms with van der Waals surface area (Å²) in [6.07, 6.45) is 5.42. The number of anilines is 1. The van der Waals surface area contributed by atoms with Crippen LogP contribution in [0.3, 0.4) is 0 Å². The number of likely N-dealkylation sites (tertiary alicyclic amines) is 1. The van der Waals surface area contributed by atoms with Gasteiger partial charge in [-0.25, -0.2) is 9.07 Å². The van der Waals surface area contributed by atoms with Crippen molar-refractivity contribution in [2.45, 2.75) is 45.6 Å². The molecule has 1 amide bonds. The molecule has 0 atom stereocenters. The number of amides is 1. The highest BCUT2D eigenvalue weighted by Gasteiger charge is 2.21. The Labute approximate surface area is 182 Å². The van der Waals surface area contributed by atoms with Crippen molar-refractivity contribution < 1.29 is 9.18 Å². The Hall–Kier alpha value is -2.99. The van der Waals surface area contributed by atoms with Crippen LogP contribution in [-0.4, -0.2) is 33.7 Å². The van der Waals surface area contributed by atoms with Crippen LogP contribution in [0.2, 0.25) is 0 Å². The highest BCUT2D eigenvalue weighted by atomic mass is 19.1. The number of halogens is 1. The Morgan fingerprint density at radius 2 is 1.84 bits per heavy atom. The normalized spacial score (nSPS) is 14.7. The van der Waals surface area contributed by atoms with Gasteiger partial charge in [0.1, 0.15) is 5.82 Å². The van der Waals surface area contributed by atoms with E-state index in [4.69, 9.17) is 0 Å². The Kier molecular flexibility index (Phi) is 6.47. The summed E-state index contributed by atoms with van der Waals surface area (Å²) in [5.74, 6) is -0.421. The molecule has 1 aliphatic rings. The highest BCUT2D eigenvalue weighted by Crippen LogP contribution is 2.25. The van der Waals surface area contributed by atoms with Gasteiger partial charge in [-0.1, -0.05) is 32.4 Å². The average Bonchev–Trinajstić information content (AvgIpc) is 3.21. The van der Waals surface area contributed by atoms with Crippen LogP contribution in [0.4, 0.5) is 10.1 Å². The quantitative estimate of drug-likeness (QED) is 0.583. The van der Waals surface area contributed by atoms with Gasteiger partial charge in [-0.15, -0.1) is 0 Å². The molecule has 4 rings (SSSR count). The molecule has 31 heavy (non-hydrogen) atoms. The molecule has 5 nitrogen and oxygen atoms in total. The number of hydrogen-bond donors (Lipinski definition) is 1. The van der Waals surface area contributed by atoms with Gasteiger partial charge in [0.05, 0.1) is 23.1 Å². The molecular weight excluding hydrogens is 391 g/mol. The third kappa shape index (κ3) is 5.02. The van der Waals surface area contributed by atoms with Gasteiger partial charge in [-0.3, -0.25) is 9.69 Å². The Morgan fingerprint density at radius 3 is 2.55 bits per heavy atom. The van der Waals surface area contributed by atoms with Crippen LogP contribution in [0.15, 0.2) is 54.7 Å². The Balaban J connectivity index is 1.53. The van der Waals surface area contributed by atoms with E-state index in [1.54, 1.807) is 23.0 Å². The van der Waals surface area contributed by atoms with E-state index in [1.807, 2.05) is 32.0 Å². The zero-order valence-electron chi connectivity index (χ0n) is 18.1. The van der Waals surface area contributed by atoms with E-state index in [-0.39, 0.29) is 17.6 Å². The summed E-state index contributed by atoms with van der Waals surface area (Å²) in [5.41, 5.74) is 4.04. The largest absolute Gasteiger partial charge is 0.322 e. The molecule has 0 radical (unpaired) electrons. The van der Waals surface area contributed by atoms with Crippen molar-refractivity contribution in [2.24, 2.45) is 0 Å². The summed E-state index contributed by atoms with van der Waals surface area (Å²) in [5, 5.41) is 7.46. The monoisotopic (exact) mass is 420 g/mol. The Morgan fingerprint density at radius 1 is 1.10 bits per heavy atom. The van der Waals surface area contributed by atoms with Gasteiger partial charge in [-0.2, -0.15) is 5.10 Å². The Bertz CT molecular complexity index is 1040. The van der Waals surface area contributed by atoms with E-state index in [1.165, 1.54) is 37.0 Å². The topological polar surface area (TPSA) is 50.2 Å². The fourth-order valence-corrected chi connectivity index (χ4v) is 4.20. The van der Waals surface area contributed by atoms with E-state index >= 15 is 0 Å². The van der Waals surface area contributed by atoms with E-state index in [2.05, 4.69) is 21.4 Å². The van der Waals surface area contributed by atoms with E-state index < -0.39 is 0 Å². The molecule has 1 aromatic heterocycles. The molecule has 1 N–H and O–H groups in total. The minimum Gasteiger partial charge on any atom is -0.322 e. The molecule has 1 saturated heterocycles. The van der Waals surface area contributed by atoms with Crippen LogP contribution < -0.4 is 5.32 Å². The number of piperidine rings is 1. The first-order valence-electron chi connectivity index (χ1n) is 11.0. The number of carbonyl (C=O) groups is 1. The molecule has 0 unspecified atom stereocenters. The van der Waals surface area contributed by atoms with E-state index in [0.29, 0.717) is 5.56 Å². The number of carbonyl (C=O) groups excluding carboxylic acids is 1. The predicted octanol–water partition coefficient (Wildman–Crippen LogP) is 5.37. The molecule has 0 aliphatic carbocycles. The molecule has 1 fully saturated rings. The lowest BCUT2D eigenvalue weighted by atomic mass is 10.0. The zero-order chi connectivity index (χ0) is 21.8. The summed E-state index contributed by atoms with van der Waals surface area (Å²) in [6.45, 7) is 7.22. The fourth-order valence-electron chi connectivity index (χ4n) is 4.20. The maximum Gasteiger partial charge on any atom is 0.259 e. The van der Waals surface area contributed by atoms with Gasteiger partial charge in [0, 0.05) is 12.2 Å². The number of nitrogens with one attached hydrogen (secondary N) is 1. The molecule has 1 aliphatic heterocycles. The summed E-state index contributed by atoms with van der Waals surface area (Å²) in [6, 6.07) is 14.2. The van der Waals surface area contributed by atoms with E-state index in [9.17, 15) is 9.18 Å². The third-order valence-electron chi connectivity index (χ3n) is 5.71. The molecular formula is C25H29FN4O. The standard InChI is InChI=1S/C25H29FN4O/c1-18(2)24-23(16-27-30(24)22-11-9-20(26)10-12-22)25(31)28-21-8-6-7-19(15-21)17-29-13-4-3-5-14-29/h6-12,15-16,18H,3-5,13-14,17H2,1-2H3,(H,28,31). The molecule has 0 spiro atoms. The third-order valence-corrected chi connectivity index (χ3v) is 5.71. The minimum atomic E-state index is -0.301. The van der Waals surface area contributed by atoms with Gasteiger partial charge >= 0.3 is 0 Å². The molecule has 0 saturated carbocycles. The van der Waals surface area contributed by atoms with Crippen LogP contribution in [0, 0.1) is 5.82 Å². The molecule has 6 heteroatoms. The van der Waals surface area contributed by atoms with Crippen LogP contribution in [0.1, 0.15) is 60.6 Å². The van der Waals surface area contributed by atoms with Gasteiger partial charge in [0.15, 0.2) is 0 Å². The summed E-state index contributed by atoms with van der Waals surface area (Å²) >= 11 is 0. The SMILES string of the molecule is CC(C)c1c(C(=O)Nc2cccc(CN3CCCCC3)c2)cnn1-c1ccc(F)cc1. The van der Waals surface area contributed by atoms with Gasteiger partial charge in [-0.05, 0) is 73.8 Å². The van der Waals surface area contributed by atoms with Crippen molar-refractivity contribution in [2.75, 3.05) is 18.4 Å². The van der Waals surface area contributed by atoms with Crippen LogP contribution >= 0.6 is 0 Å². The first kappa shape index (κ1) is 21.2. The molecule has 162 valence electrons. The fraction of sp³-hybridized carbons (Fsp3) is 0.360. The smallest absolute Gasteiger partial charge is 0.259 e. The zero-order valence-corrected chi connectivity index (χ0v) is 18.1. The van der Waals surface area contributed by atoms with Crippen LogP contribution in [0.25, 0.3) is 5.69 Å². The lowest BCUT2D eigenvalue weighted by Crippen LogP contribution is -2.29. The molecule has 3 aromatic rings. The predicted molar refractivity (Wildman–Crippen MR) is 121 cm³/mol. The number of nitrogens with zero attached hydrogens (tertiary/aromatic N) is 3. The van der Waals surface area contributed by atoms with Crippen molar-refractivity contribution in [3.8, 4) is 5.69 Å². The van der Waals surface area contributed by atoms with Gasteiger partial charge < -0.3 is 5.32 Å². The second-order valence-corrected chi connectivity index (χ2v) is 8.48. The first-order valence-corrected chi connectivity index (χ1v) is 11.0. The summed E-state index contributed by atoms with van der Waals surface area (Å²) in [7, 11) is 0. The summed E-state index contributed by atoms with van der Waals surface area (Å²) in [4.78, 5) is 15.6. The van der Waals surface area contributed by atoms with Crippen LogP contribution in [-0.2, 0) is 6.54 Å². The number of benzene rings is 2. The molecule has 2 aromatic carbocycles. The summed E-state index contributed by atoms with van der Waals surface area (Å²) < 4.78 is 15.0. The van der Waals surface area contributed by atoms with E-state index in [0.717, 1.165) is 36.7 Å². The van der Waals surface area contributed by atoms with Crippen molar-refractivity contribution in [1.82, 2.24) is 14.7 Å². The van der Waals surface area contributed by atoms with Crippen molar-refractivity contribution in [3.63, 3.8) is 0 Å². The van der Waals surface area contributed by atoms with Crippen molar-refractivity contribution in [3.05, 3.63) is 77.4 Å². The number of rotatable bonds is 6. The number of aromatic nitrogens is 2. The first-order chi connectivity index (χ1) is 15.0. The lowest BCUT2D eigenvalue weighted by Gasteiger charge is -2.26.